The van der Waals surface area contributed by atoms with Crippen molar-refractivity contribution in [2.75, 3.05) is 6.54 Å². The summed E-state index contributed by atoms with van der Waals surface area (Å²) in [6, 6.07) is 0.641. The summed E-state index contributed by atoms with van der Waals surface area (Å²) in [7, 11) is 0. The summed E-state index contributed by atoms with van der Waals surface area (Å²) in [5.74, 6) is 6.83. The first-order chi connectivity index (χ1) is 6.25. The quantitative estimate of drug-likeness (QED) is 0.683. The van der Waals surface area contributed by atoms with Crippen LogP contribution in [0.1, 0.15) is 52.4 Å². The molecule has 1 saturated heterocycles. The van der Waals surface area contributed by atoms with E-state index < -0.39 is 0 Å². The van der Waals surface area contributed by atoms with Crippen LogP contribution in [0.25, 0.3) is 0 Å². The van der Waals surface area contributed by atoms with Crippen LogP contribution in [0.4, 0.5) is 0 Å². The molecular weight excluding hydrogens is 160 g/mol. The molecule has 2 unspecified atom stereocenters. The summed E-state index contributed by atoms with van der Waals surface area (Å²) in [6.07, 6.45) is 7.90. The Morgan fingerprint density at radius 1 is 1.38 bits per heavy atom. The Morgan fingerprint density at radius 3 is 2.85 bits per heavy atom. The minimum atomic E-state index is 0.641. The van der Waals surface area contributed by atoms with E-state index >= 15 is 0 Å². The van der Waals surface area contributed by atoms with Crippen LogP contribution in [0, 0.1) is 5.92 Å². The van der Waals surface area contributed by atoms with Crippen molar-refractivity contribution in [3.05, 3.63) is 0 Å². The topological polar surface area (TPSA) is 29.3 Å². The number of unbranched alkanes of at least 4 members (excludes halogenated alkanes) is 1. The van der Waals surface area contributed by atoms with Gasteiger partial charge in [0.1, 0.15) is 0 Å². The second kappa shape index (κ2) is 5.61. The first-order valence-corrected chi connectivity index (χ1v) is 5.77. The minimum Gasteiger partial charge on any atom is -0.269 e. The molecule has 2 heteroatoms. The van der Waals surface area contributed by atoms with Crippen molar-refractivity contribution in [3.8, 4) is 0 Å². The molecule has 1 rings (SSSR count). The maximum atomic E-state index is 6.04. The molecule has 0 aliphatic carbocycles. The molecule has 0 aromatic heterocycles. The summed E-state index contributed by atoms with van der Waals surface area (Å²) in [5, 5.41) is 2.09. The van der Waals surface area contributed by atoms with Gasteiger partial charge in [-0.1, -0.05) is 33.1 Å². The lowest BCUT2D eigenvalue weighted by atomic mass is 9.93. The van der Waals surface area contributed by atoms with Crippen LogP contribution >= 0.6 is 0 Å². The molecule has 0 aromatic carbocycles. The largest absolute Gasteiger partial charge is 0.269 e. The maximum Gasteiger partial charge on any atom is 0.0266 e. The first kappa shape index (κ1) is 11.0. The molecule has 0 radical (unpaired) electrons. The Morgan fingerprint density at radius 2 is 2.15 bits per heavy atom. The average Bonchev–Trinajstić information content (AvgIpc) is 2.26. The van der Waals surface area contributed by atoms with Gasteiger partial charge >= 0.3 is 0 Å². The Balaban J connectivity index is 2.43. The van der Waals surface area contributed by atoms with Crippen molar-refractivity contribution in [2.24, 2.45) is 11.8 Å². The molecule has 2 nitrogen and oxygen atoms in total. The zero-order valence-corrected chi connectivity index (χ0v) is 9.13. The monoisotopic (exact) mass is 184 g/mol. The molecule has 0 saturated carbocycles. The third-order valence-corrected chi connectivity index (χ3v) is 3.26. The van der Waals surface area contributed by atoms with Gasteiger partial charge in [-0.15, -0.1) is 0 Å². The molecular formula is C11H24N2. The standard InChI is InChI=1S/C11H24N2/c1-3-4-8-11-10(2)7-5-6-9-13(11)12/h10-11H,3-9,12H2,1-2H3. The molecule has 0 aromatic rings. The molecule has 13 heavy (non-hydrogen) atoms. The molecule has 0 spiro atoms. The van der Waals surface area contributed by atoms with Crippen molar-refractivity contribution >= 4 is 0 Å². The normalized spacial score (nSPS) is 31.6. The zero-order chi connectivity index (χ0) is 9.68. The highest BCUT2D eigenvalue weighted by Crippen LogP contribution is 2.23. The molecule has 1 aliphatic heterocycles. The number of nitrogens with two attached hydrogens (primary N) is 1. The van der Waals surface area contributed by atoms with Crippen LogP contribution in [-0.4, -0.2) is 17.6 Å². The van der Waals surface area contributed by atoms with E-state index in [0.29, 0.717) is 6.04 Å². The zero-order valence-electron chi connectivity index (χ0n) is 9.13. The van der Waals surface area contributed by atoms with Gasteiger partial charge in [-0.3, -0.25) is 5.84 Å². The van der Waals surface area contributed by atoms with Gasteiger partial charge in [0.05, 0.1) is 0 Å². The van der Waals surface area contributed by atoms with Crippen LogP contribution in [0.15, 0.2) is 0 Å². The van der Waals surface area contributed by atoms with E-state index in [0.717, 1.165) is 12.5 Å². The molecule has 1 fully saturated rings. The van der Waals surface area contributed by atoms with Gasteiger partial charge in [0.15, 0.2) is 0 Å². The summed E-state index contributed by atoms with van der Waals surface area (Å²) in [6.45, 7) is 5.70. The van der Waals surface area contributed by atoms with Crippen LogP contribution in [0.3, 0.4) is 0 Å². The Hall–Kier alpha value is -0.0800. The van der Waals surface area contributed by atoms with Crippen LogP contribution in [-0.2, 0) is 0 Å². The minimum absolute atomic E-state index is 0.641. The van der Waals surface area contributed by atoms with Crippen molar-refractivity contribution in [2.45, 2.75) is 58.4 Å². The third-order valence-electron chi connectivity index (χ3n) is 3.26. The van der Waals surface area contributed by atoms with E-state index in [1.807, 2.05) is 0 Å². The van der Waals surface area contributed by atoms with Crippen molar-refractivity contribution in [1.82, 2.24) is 5.01 Å². The SMILES string of the molecule is CCCCC1C(C)CCCCN1N. The van der Waals surface area contributed by atoms with Crippen molar-refractivity contribution in [1.29, 1.82) is 0 Å². The van der Waals surface area contributed by atoms with Gasteiger partial charge < -0.3 is 0 Å². The highest BCUT2D eigenvalue weighted by atomic mass is 15.4. The molecule has 2 N–H and O–H groups in total. The van der Waals surface area contributed by atoms with E-state index in [1.165, 1.54) is 38.5 Å². The highest BCUT2D eigenvalue weighted by Gasteiger charge is 2.23. The molecule has 0 amide bonds. The van der Waals surface area contributed by atoms with Gasteiger partial charge in [0, 0.05) is 12.6 Å². The molecule has 1 aliphatic rings. The number of nitrogens with zero attached hydrogens (tertiary/aromatic N) is 1. The van der Waals surface area contributed by atoms with E-state index in [-0.39, 0.29) is 0 Å². The molecule has 78 valence electrons. The number of hydrogen-bond acceptors (Lipinski definition) is 2. The van der Waals surface area contributed by atoms with E-state index in [9.17, 15) is 0 Å². The number of hydrogen-bond donors (Lipinski definition) is 1. The lowest BCUT2D eigenvalue weighted by Gasteiger charge is -2.29. The van der Waals surface area contributed by atoms with Gasteiger partial charge in [-0.25, -0.2) is 5.01 Å². The molecule has 1 heterocycles. The molecule has 0 bridgehead atoms. The van der Waals surface area contributed by atoms with E-state index in [1.54, 1.807) is 0 Å². The Kier molecular flexibility index (Phi) is 4.74. The molecule has 2 atom stereocenters. The fourth-order valence-corrected chi connectivity index (χ4v) is 2.31. The fourth-order valence-electron chi connectivity index (χ4n) is 2.31. The lowest BCUT2D eigenvalue weighted by molar-refractivity contribution is 0.153. The number of rotatable bonds is 3. The van der Waals surface area contributed by atoms with Crippen molar-refractivity contribution < 1.29 is 0 Å². The van der Waals surface area contributed by atoms with Gasteiger partial charge in [0.2, 0.25) is 0 Å². The Labute approximate surface area is 82.5 Å². The second-order valence-electron chi connectivity index (χ2n) is 4.42. The maximum absolute atomic E-state index is 6.04. The summed E-state index contributed by atoms with van der Waals surface area (Å²) < 4.78 is 0. The number of hydrazine groups is 1. The van der Waals surface area contributed by atoms with Crippen LogP contribution in [0.5, 0.6) is 0 Å². The summed E-state index contributed by atoms with van der Waals surface area (Å²) >= 11 is 0. The second-order valence-corrected chi connectivity index (χ2v) is 4.42. The summed E-state index contributed by atoms with van der Waals surface area (Å²) in [4.78, 5) is 0. The van der Waals surface area contributed by atoms with Crippen LogP contribution in [0.2, 0.25) is 0 Å². The van der Waals surface area contributed by atoms with E-state index in [2.05, 4.69) is 18.9 Å². The van der Waals surface area contributed by atoms with Crippen LogP contribution < -0.4 is 5.84 Å². The fraction of sp³-hybridized carbons (Fsp3) is 1.00. The van der Waals surface area contributed by atoms with Gasteiger partial charge in [-0.05, 0) is 25.2 Å². The highest BCUT2D eigenvalue weighted by molar-refractivity contribution is 4.76. The first-order valence-electron chi connectivity index (χ1n) is 5.77. The predicted molar refractivity (Wildman–Crippen MR) is 57.2 cm³/mol. The average molecular weight is 184 g/mol. The van der Waals surface area contributed by atoms with Gasteiger partial charge in [0.25, 0.3) is 0 Å². The Bertz CT molecular complexity index is 124. The lowest BCUT2D eigenvalue weighted by Crippen LogP contribution is -2.43. The van der Waals surface area contributed by atoms with E-state index in [4.69, 9.17) is 5.84 Å². The smallest absolute Gasteiger partial charge is 0.0266 e. The third kappa shape index (κ3) is 3.28. The van der Waals surface area contributed by atoms with Crippen molar-refractivity contribution in [3.63, 3.8) is 0 Å². The summed E-state index contributed by atoms with van der Waals surface area (Å²) in [5.41, 5.74) is 0. The predicted octanol–water partition coefficient (Wildman–Crippen LogP) is 2.54. The van der Waals surface area contributed by atoms with Gasteiger partial charge in [-0.2, -0.15) is 0 Å².